The summed E-state index contributed by atoms with van der Waals surface area (Å²) in [6.07, 6.45) is 6.54. The van der Waals surface area contributed by atoms with Crippen molar-refractivity contribution in [3.63, 3.8) is 0 Å². The molecule has 0 atom stereocenters. The lowest BCUT2D eigenvalue weighted by Crippen LogP contribution is -2.29. The van der Waals surface area contributed by atoms with Crippen LogP contribution in [0.5, 0.6) is 0 Å². The molecule has 1 aliphatic carbocycles. The van der Waals surface area contributed by atoms with Gasteiger partial charge in [0.2, 0.25) is 5.95 Å². The van der Waals surface area contributed by atoms with E-state index in [-0.39, 0.29) is 0 Å². The van der Waals surface area contributed by atoms with Crippen molar-refractivity contribution in [2.45, 2.75) is 31.7 Å². The second-order valence-electron chi connectivity index (χ2n) is 5.30. The molecule has 0 aromatic carbocycles. The number of aromatic nitrogens is 2. The topological polar surface area (TPSA) is 67.1 Å². The van der Waals surface area contributed by atoms with Gasteiger partial charge < -0.3 is 16.0 Å². The molecule has 100 valence electrons. The maximum absolute atomic E-state index is 5.91. The molecule has 1 saturated carbocycles. The van der Waals surface area contributed by atoms with Gasteiger partial charge in [-0.1, -0.05) is 0 Å². The van der Waals surface area contributed by atoms with E-state index in [2.05, 4.69) is 15.3 Å². The maximum atomic E-state index is 5.91. The van der Waals surface area contributed by atoms with Crippen molar-refractivity contribution >= 4 is 11.8 Å². The highest BCUT2D eigenvalue weighted by Gasteiger charge is 2.18. The highest BCUT2D eigenvalue weighted by atomic mass is 15.2. The summed E-state index contributed by atoms with van der Waals surface area (Å²) in [5.74, 6) is 2.37. The van der Waals surface area contributed by atoms with Gasteiger partial charge in [0, 0.05) is 32.9 Å². The van der Waals surface area contributed by atoms with E-state index < -0.39 is 0 Å². The second-order valence-corrected chi connectivity index (χ2v) is 5.30. The monoisotopic (exact) mass is 249 g/mol. The SMILES string of the molecule is CN(C)c1nccc(NCC2CCC(N)CC2)n1. The maximum Gasteiger partial charge on any atom is 0.226 e. The molecule has 3 N–H and O–H groups in total. The lowest BCUT2D eigenvalue weighted by atomic mass is 9.86. The first kappa shape index (κ1) is 13.1. The highest BCUT2D eigenvalue weighted by Crippen LogP contribution is 2.23. The molecule has 0 bridgehead atoms. The fourth-order valence-corrected chi connectivity index (χ4v) is 2.30. The summed E-state index contributed by atoms with van der Waals surface area (Å²) in [4.78, 5) is 10.6. The largest absolute Gasteiger partial charge is 0.370 e. The molecular weight excluding hydrogens is 226 g/mol. The van der Waals surface area contributed by atoms with Crippen LogP contribution in [0.15, 0.2) is 12.3 Å². The molecule has 0 saturated heterocycles. The Labute approximate surface area is 109 Å². The summed E-state index contributed by atoms with van der Waals surface area (Å²) in [5.41, 5.74) is 5.91. The van der Waals surface area contributed by atoms with Crippen LogP contribution >= 0.6 is 0 Å². The van der Waals surface area contributed by atoms with Gasteiger partial charge in [-0.25, -0.2) is 4.98 Å². The predicted octanol–water partition coefficient (Wildman–Crippen LogP) is 1.47. The van der Waals surface area contributed by atoms with Gasteiger partial charge in [0.15, 0.2) is 0 Å². The predicted molar refractivity (Wildman–Crippen MR) is 74.8 cm³/mol. The molecular formula is C13H23N5. The van der Waals surface area contributed by atoms with Crippen LogP contribution in [-0.4, -0.2) is 36.6 Å². The van der Waals surface area contributed by atoms with E-state index in [0.717, 1.165) is 37.1 Å². The minimum Gasteiger partial charge on any atom is -0.370 e. The number of anilines is 2. The molecule has 1 aromatic rings. The zero-order valence-corrected chi connectivity index (χ0v) is 11.3. The third-order valence-electron chi connectivity index (χ3n) is 3.51. The van der Waals surface area contributed by atoms with Crippen LogP contribution in [-0.2, 0) is 0 Å². The average molecular weight is 249 g/mol. The van der Waals surface area contributed by atoms with Crippen LogP contribution in [0.25, 0.3) is 0 Å². The van der Waals surface area contributed by atoms with E-state index in [1.165, 1.54) is 12.8 Å². The van der Waals surface area contributed by atoms with Gasteiger partial charge in [-0.2, -0.15) is 4.98 Å². The number of nitrogens with zero attached hydrogens (tertiary/aromatic N) is 3. The Kier molecular flexibility index (Phi) is 4.36. The molecule has 0 spiro atoms. The van der Waals surface area contributed by atoms with Gasteiger partial charge in [-0.05, 0) is 37.7 Å². The van der Waals surface area contributed by atoms with Gasteiger partial charge in [0.05, 0.1) is 0 Å². The average Bonchev–Trinajstić information content (AvgIpc) is 2.38. The van der Waals surface area contributed by atoms with Gasteiger partial charge in [-0.15, -0.1) is 0 Å². The van der Waals surface area contributed by atoms with Crippen molar-refractivity contribution in [1.29, 1.82) is 0 Å². The summed E-state index contributed by atoms with van der Waals surface area (Å²) in [7, 11) is 3.89. The molecule has 1 aromatic heterocycles. The first-order valence-corrected chi connectivity index (χ1v) is 6.65. The summed E-state index contributed by atoms with van der Waals surface area (Å²) in [6.45, 7) is 0.983. The van der Waals surface area contributed by atoms with Crippen LogP contribution in [0.1, 0.15) is 25.7 Å². The summed E-state index contributed by atoms with van der Waals surface area (Å²) in [5, 5.41) is 3.41. The Balaban J connectivity index is 1.84. The van der Waals surface area contributed by atoms with Crippen molar-refractivity contribution in [3.8, 4) is 0 Å². The van der Waals surface area contributed by atoms with Crippen LogP contribution in [0.3, 0.4) is 0 Å². The van der Waals surface area contributed by atoms with Crippen LogP contribution in [0.4, 0.5) is 11.8 Å². The van der Waals surface area contributed by atoms with E-state index in [1.54, 1.807) is 6.20 Å². The highest BCUT2D eigenvalue weighted by molar-refractivity contribution is 5.40. The first-order chi connectivity index (χ1) is 8.65. The molecule has 2 rings (SSSR count). The molecule has 1 heterocycles. The van der Waals surface area contributed by atoms with Crippen LogP contribution < -0.4 is 16.0 Å². The Morgan fingerprint density at radius 3 is 2.72 bits per heavy atom. The molecule has 18 heavy (non-hydrogen) atoms. The van der Waals surface area contributed by atoms with E-state index in [0.29, 0.717) is 6.04 Å². The third kappa shape index (κ3) is 3.57. The summed E-state index contributed by atoms with van der Waals surface area (Å²) < 4.78 is 0. The quantitative estimate of drug-likeness (QED) is 0.846. The van der Waals surface area contributed by atoms with E-state index in [4.69, 9.17) is 5.73 Å². The smallest absolute Gasteiger partial charge is 0.226 e. The van der Waals surface area contributed by atoms with Crippen molar-refractivity contribution in [2.24, 2.45) is 11.7 Å². The number of hydrogen-bond acceptors (Lipinski definition) is 5. The Bertz CT molecular complexity index is 371. The van der Waals surface area contributed by atoms with E-state index >= 15 is 0 Å². The summed E-state index contributed by atoms with van der Waals surface area (Å²) in [6, 6.07) is 2.34. The lowest BCUT2D eigenvalue weighted by molar-refractivity contribution is 0.338. The standard InChI is InChI=1S/C13H23N5/c1-18(2)13-15-8-7-12(17-13)16-9-10-3-5-11(14)6-4-10/h7-8,10-11H,3-6,9,14H2,1-2H3,(H,15,16,17). The first-order valence-electron chi connectivity index (χ1n) is 6.65. The fourth-order valence-electron chi connectivity index (χ4n) is 2.30. The zero-order chi connectivity index (χ0) is 13.0. The van der Waals surface area contributed by atoms with Crippen LogP contribution in [0, 0.1) is 5.92 Å². The molecule has 0 amide bonds. The zero-order valence-electron chi connectivity index (χ0n) is 11.3. The minimum atomic E-state index is 0.417. The normalized spacial score (nSPS) is 23.7. The van der Waals surface area contributed by atoms with Gasteiger partial charge >= 0.3 is 0 Å². The van der Waals surface area contributed by atoms with Crippen molar-refractivity contribution in [2.75, 3.05) is 30.9 Å². The Hall–Kier alpha value is -1.36. The fraction of sp³-hybridized carbons (Fsp3) is 0.692. The van der Waals surface area contributed by atoms with E-state index in [9.17, 15) is 0 Å². The van der Waals surface area contributed by atoms with Crippen molar-refractivity contribution in [3.05, 3.63) is 12.3 Å². The molecule has 5 nitrogen and oxygen atoms in total. The Morgan fingerprint density at radius 2 is 2.06 bits per heavy atom. The van der Waals surface area contributed by atoms with Crippen molar-refractivity contribution < 1.29 is 0 Å². The number of nitrogens with one attached hydrogen (secondary N) is 1. The van der Waals surface area contributed by atoms with Gasteiger partial charge in [-0.3, -0.25) is 0 Å². The van der Waals surface area contributed by atoms with Gasteiger partial charge in [0.25, 0.3) is 0 Å². The van der Waals surface area contributed by atoms with Gasteiger partial charge in [0.1, 0.15) is 5.82 Å². The van der Waals surface area contributed by atoms with Crippen LogP contribution in [0.2, 0.25) is 0 Å². The molecule has 1 aliphatic rings. The number of nitrogens with two attached hydrogens (primary N) is 1. The third-order valence-corrected chi connectivity index (χ3v) is 3.51. The molecule has 0 unspecified atom stereocenters. The second kappa shape index (κ2) is 6.00. The number of rotatable bonds is 4. The van der Waals surface area contributed by atoms with Crippen molar-refractivity contribution in [1.82, 2.24) is 9.97 Å². The molecule has 0 aliphatic heterocycles. The molecule has 0 radical (unpaired) electrons. The number of hydrogen-bond donors (Lipinski definition) is 2. The summed E-state index contributed by atoms with van der Waals surface area (Å²) >= 11 is 0. The van der Waals surface area contributed by atoms with E-state index in [1.807, 2.05) is 25.1 Å². The lowest BCUT2D eigenvalue weighted by Gasteiger charge is -2.26. The molecule has 1 fully saturated rings. The Morgan fingerprint density at radius 1 is 1.33 bits per heavy atom. The minimum absolute atomic E-state index is 0.417. The molecule has 5 heteroatoms.